The Morgan fingerprint density at radius 2 is 2.05 bits per heavy atom. The van der Waals surface area contributed by atoms with Crippen molar-refractivity contribution in [3.8, 4) is 0 Å². The number of H-pyrrole nitrogens is 1. The lowest BCUT2D eigenvalue weighted by Gasteiger charge is -2.12. The Balaban J connectivity index is 2.12. The minimum absolute atomic E-state index is 0.00869. The van der Waals surface area contributed by atoms with Gasteiger partial charge in [-0.3, -0.25) is 0 Å². The molecule has 0 amide bonds. The first-order valence-corrected chi connectivity index (χ1v) is 7.28. The number of aromatic amines is 1. The van der Waals surface area contributed by atoms with Crippen molar-refractivity contribution in [2.45, 2.75) is 0 Å². The lowest BCUT2D eigenvalue weighted by atomic mass is 10.3. The predicted molar refractivity (Wildman–Crippen MR) is 81.8 cm³/mol. The van der Waals surface area contributed by atoms with E-state index in [1.807, 2.05) is 0 Å². The van der Waals surface area contributed by atoms with Gasteiger partial charge in [-0.05, 0) is 37.9 Å². The molecule has 2 aromatic heterocycles. The van der Waals surface area contributed by atoms with Crippen LogP contribution in [0.1, 0.15) is 0 Å². The molecule has 9 heteroatoms. The molecule has 0 atom stereocenters. The highest BCUT2D eigenvalue weighted by atomic mass is 79.9. The van der Waals surface area contributed by atoms with Crippen molar-refractivity contribution in [1.82, 2.24) is 19.9 Å². The summed E-state index contributed by atoms with van der Waals surface area (Å²) in [5.41, 5.74) is 1.74. The molecule has 1 aromatic carbocycles. The fraction of sp³-hybridized carbons (Fsp3) is 0. The maximum absolute atomic E-state index is 13.5. The van der Waals surface area contributed by atoms with Crippen molar-refractivity contribution in [3.05, 3.63) is 38.5 Å². The van der Waals surface area contributed by atoms with Crippen LogP contribution in [-0.2, 0) is 0 Å². The highest BCUT2D eigenvalue weighted by molar-refractivity contribution is 9.11. The van der Waals surface area contributed by atoms with Crippen LogP contribution in [0.25, 0.3) is 11.2 Å². The Morgan fingerprint density at radius 3 is 2.85 bits per heavy atom. The normalized spacial score (nSPS) is 11.0. The van der Waals surface area contributed by atoms with Gasteiger partial charge in [0.05, 0.1) is 21.5 Å². The van der Waals surface area contributed by atoms with Crippen LogP contribution in [0.3, 0.4) is 0 Å². The zero-order chi connectivity index (χ0) is 14.3. The maximum atomic E-state index is 13.5. The van der Waals surface area contributed by atoms with E-state index in [1.54, 1.807) is 0 Å². The summed E-state index contributed by atoms with van der Waals surface area (Å²) in [6.45, 7) is 0. The first-order valence-electron chi connectivity index (χ1n) is 5.32. The lowest BCUT2D eigenvalue weighted by molar-refractivity contribution is 0.627. The number of anilines is 2. The van der Waals surface area contributed by atoms with Gasteiger partial charge in [0.1, 0.15) is 17.7 Å². The summed E-state index contributed by atoms with van der Waals surface area (Å²) in [4.78, 5) is 15.1. The summed E-state index contributed by atoms with van der Waals surface area (Å²) in [6.07, 6.45) is 2.91. The number of nitrogens with zero attached hydrogens (tertiary/aromatic N) is 3. The van der Waals surface area contributed by atoms with Crippen molar-refractivity contribution < 1.29 is 4.39 Å². The zero-order valence-electron chi connectivity index (χ0n) is 9.59. The van der Waals surface area contributed by atoms with E-state index in [0.717, 1.165) is 0 Å². The van der Waals surface area contributed by atoms with Crippen molar-refractivity contribution >= 4 is 66.1 Å². The van der Waals surface area contributed by atoms with E-state index in [0.29, 0.717) is 31.6 Å². The molecule has 2 heterocycles. The van der Waals surface area contributed by atoms with Crippen molar-refractivity contribution in [1.29, 1.82) is 0 Å². The van der Waals surface area contributed by atoms with Crippen LogP contribution in [0.5, 0.6) is 0 Å². The Kier molecular flexibility index (Phi) is 3.61. The standard InChI is InChI=1S/C11H5Br2ClFN5/c12-4-1-5(15)7(14)6(13)8(4)20-11-9-10(17-2-16-9)18-3-19-11/h1-3H,(H2,16,17,18,19,20). The van der Waals surface area contributed by atoms with Crippen molar-refractivity contribution in [2.24, 2.45) is 0 Å². The summed E-state index contributed by atoms with van der Waals surface area (Å²) < 4.78 is 14.4. The molecule has 102 valence electrons. The number of nitrogens with one attached hydrogen (secondary N) is 2. The third-order valence-electron chi connectivity index (χ3n) is 2.58. The van der Waals surface area contributed by atoms with Crippen LogP contribution in [0, 0.1) is 5.82 Å². The first kappa shape index (κ1) is 13.7. The van der Waals surface area contributed by atoms with E-state index in [9.17, 15) is 4.39 Å². The van der Waals surface area contributed by atoms with E-state index in [4.69, 9.17) is 11.6 Å². The number of hydrogen-bond acceptors (Lipinski definition) is 4. The summed E-state index contributed by atoms with van der Waals surface area (Å²) in [5, 5.41) is 3.06. The van der Waals surface area contributed by atoms with E-state index >= 15 is 0 Å². The molecular weight excluding hydrogens is 416 g/mol. The molecule has 5 nitrogen and oxygen atoms in total. The van der Waals surface area contributed by atoms with Gasteiger partial charge in [-0.15, -0.1) is 0 Å². The molecule has 0 spiro atoms. The second-order valence-electron chi connectivity index (χ2n) is 3.79. The SMILES string of the molecule is Fc1cc(Br)c(Nc2ncnc3nc[nH]c23)c(Br)c1Cl. The molecule has 0 aliphatic carbocycles. The predicted octanol–water partition coefficient (Wildman–Crippen LogP) is 4.41. The van der Waals surface area contributed by atoms with Gasteiger partial charge in [0.2, 0.25) is 0 Å². The van der Waals surface area contributed by atoms with Crippen LogP contribution in [-0.4, -0.2) is 19.9 Å². The third kappa shape index (κ3) is 2.27. The third-order valence-corrected chi connectivity index (χ3v) is 4.60. The molecule has 0 aliphatic heterocycles. The number of hydrogen-bond donors (Lipinski definition) is 2. The van der Waals surface area contributed by atoms with E-state index in [1.165, 1.54) is 18.7 Å². The average Bonchev–Trinajstić information content (AvgIpc) is 2.90. The smallest absolute Gasteiger partial charge is 0.182 e. The van der Waals surface area contributed by atoms with Crippen molar-refractivity contribution in [3.63, 3.8) is 0 Å². The van der Waals surface area contributed by atoms with Crippen LogP contribution in [0.4, 0.5) is 15.9 Å². The number of fused-ring (bicyclic) bond motifs is 1. The fourth-order valence-electron chi connectivity index (χ4n) is 1.66. The molecule has 0 fully saturated rings. The topological polar surface area (TPSA) is 66.5 Å². The summed E-state index contributed by atoms with van der Waals surface area (Å²) in [6, 6.07) is 1.28. The van der Waals surface area contributed by atoms with Crippen LogP contribution >= 0.6 is 43.5 Å². The zero-order valence-corrected chi connectivity index (χ0v) is 13.5. The minimum Gasteiger partial charge on any atom is -0.340 e. The van der Waals surface area contributed by atoms with Gasteiger partial charge in [-0.2, -0.15) is 0 Å². The second kappa shape index (κ2) is 5.27. The molecule has 0 radical (unpaired) electrons. The number of aromatic nitrogens is 4. The molecule has 0 unspecified atom stereocenters. The Labute approximate surface area is 134 Å². The van der Waals surface area contributed by atoms with Gasteiger partial charge in [-0.25, -0.2) is 19.3 Å². The van der Waals surface area contributed by atoms with Crippen molar-refractivity contribution in [2.75, 3.05) is 5.32 Å². The van der Waals surface area contributed by atoms with E-state index < -0.39 is 5.82 Å². The number of benzene rings is 1. The monoisotopic (exact) mass is 419 g/mol. The summed E-state index contributed by atoms with van der Waals surface area (Å²) in [5.74, 6) is -0.0121. The molecule has 0 aliphatic rings. The highest BCUT2D eigenvalue weighted by Crippen LogP contribution is 2.40. The maximum Gasteiger partial charge on any atom is 0.182 e. The summed E-state index contributed by atoms with van der Waals surface area (Å²) >= 11 is 12.4. The quantitative estimate of drug-likeness (QED) is 0.475. The van der Waals surface area contributed by atoms with Crippen LogP contribution < -0.4 is 5.32 Å². The van der Waals surface area contributed by atoms with E-state index in [-0.39, 0.29) is 5.02 Å². The summed E-state index contributed by atoms with van der Waals surface area (Å²) in [7, 11) is 0. The van der Waals surface area contributed by atoms with Crippen LogP contribution in [0.2, 0.25) is 5.02 Å². The average molecular weight is 421 g/mol. The second-order valence-corrected chi connectivity index (χ2v) is 5.82. The molecule has 0 bridgehead atoms. The molecule has 3 aromatic rings. The van der Waals surface area contributed by atoms with Gasteiger partial charge in [0.25, 0.3) is 0 Å². The van der Waals surface area contributed by atoms with Crippen LogP contribution in [0.15, 0.2) is 27.7 Å². The van der Waals surface area contributed by atoms with Gasteiger partial charge >= 0.3 is 0 Å². The minimum atomic E-state index is -0.523. The molecule has 2 N–H and O–H groups in total. The van der Waals surface area contributed by atoms with Gasteiger partial charge in [0, 0.05) is 4.47 Å². The molecular formula is C11H5Br2ClFN5. The number of halogens is 4. The molecule has 0 saturated carbocycles. The largest absolute Gasteiger partial charge is 0.340 e. The first-order chi connectivity index (χ1) is 9.58. The highest BCUT2D eigenvalue weighted by Gasteiger charge is 2.16. The van der Waals surface area contributed by atoms with Gasteiger partial charge in [-0.1, -0.05) is 11.6 Å². The molecule has 20 heavy (non-hydrogen) atoms. The molecule has 3 rings (SSSR count). The fourth-order valence-corrected chi connectivity index (χ4v) is 3.07. The molecule has 0 saturated heterocycles. The lowest BCUT2D eigenvalue weighted by Crippen LogP contribution is -1.99. The number of rotatable bonds is 2. The Morgan fingerprint density at radius 1 is 1.25 bits per heavy atom. The Bertz CT molecular complexity index is 807. The van der Waals surface area contributed by atoms with Gasteiger partial charge in [0.15, 0.2) is 11.5 Å². The van der Waals surface area contributed by atoms with Gasteiger partial charge < -0.3 is 10.3 Å². The van der Waals surface area contributed by atoms with E-state index in [2.05, 4.69) is 57.1 Å². The Hall–Kier alpha value is -1.25. The number of imidazole rings is 1.